The normalized spacial score (nSPS) is 25.9. The number of carbonyl (C=O) groups is 1. The lowest BCUT2D eigenvalue weighted by molar-refractivity contribution is -0.137. The van der Waals surface area contributed by atoms with Gasteiger partial charge in [-0.15, -0.1) is 0 Å². The van der Waals surface area contributed by atoms with Gasteiger partial charge in [0.1, 0.15) is 0 Å². The van der Waals surface area contributed by atoms with Crippen molar-refractivity contribution in [1.29, 1.82) is 0 Å². The first-order chi connectivity index (χ1) is 10.7. The smallest absolute Gasteiger partial charge is 0.236 e. The van der Waals surface area contributed by atoms with E-state index < -0.39 is 0 Å². The van der Waals surface area contributed by atoms with E-state index in [9.17, 15) is 4.79 Å². The standard InChI is InChI=1S/C18H26N2O2/c1-3-20(16-9-10-16)18(21)13-19-11-14(2)22-17(12-19)15-7-5-4-6-8-15/h4-8,14,16-17H,3,9-13H2,1-2H3/t14-,17-/m1/s1. The highest BCUT2D eigenvalue weighted by Gasteiger charge is 2.33. The van der Waals surface area contributed by atoms with Gasteiger partial charge in [-0.25, -0.2) is 0 Å². The van der Waals surface area contributed by atoms with Crippen LogP contribution < -0.4 is 0 Å². The van der Waals surface area contributed by atoms with Gasteiger partial charge < -0.3 is 9.64 Å². The molecule has 2 atom stereocenters. The molecule has 3 rings (SSSR count). The Bertz CT molecular complexity index is 501. The van der Waals surface area contributed by atoms with Crippen molar-refractivity contribution in [3.8, 4) is 0 Å². The summed E-state index contributed by atoms with van der Waals surface area (Å²) in [5.74, 6) is 0.269. The largest absolute Gasteiger partial charge is 0.368 e. The molecule has 1 saturated heterocycles. The summed E-state index contributed by atoms with van der Waals surface area (Å²) in [4.78, 5) is 16.8. The average molecular weight is 302 g/mol. The fourth-order valence-electron chi connectivity index (χ4n) is 3.33. The molecule has 2 aliphatic rings. The lowest BCUT2D eigenvalue weighted by atomic mass is 10.1. The van der Waals surface area contributed by atoms with E-state index in [2.05, 4.69) is 30.9 Å². The van der Waals surface area contributed by atoms with Gasteiger partial charge in [0.25, 0.3) is 0 Å². The van der Waals surface area contributed by atoms with E-state index in [4.69, 9.17) is 4.74 Å². The van der Waals surface area contributed by atoms with Gasteiger partial charge in [-0.1, -0.05) is 30.3 Å². The molecule has 1 saturated carbocycles. The number of nitrogens with zero attached hydrogens (tertiary/aromatic N) is 2. The van der Waals surface area contributed by atoms with Crippen LogP contribution in [0.15, 0.2) is 30.3 Å². The van der Waals surface area contributed by atoms with E-state index in [1.165, 1.54) is 18.4 Å². The maximum atomic E-state index is 12.5. The van der Waals surface area contributed by atoms with Gasteiger partial charge in [0, 0.05) is 25.7 Å². The second kappa shape index (κ2) is 6.80. The van der Waals surface area contributed by atoms with E-state index in [1.54, 1.807) is 0 Å². The van der Waals surface area contributed by atoms with Crippen molar-refractivity contribution in [3.63, 3.8) is 0 Å². The van der Waals surface area contributed by atoms with Crippen LogP contribution in [0.25, 0.3) is 0 Å². The minimum Gasteiger partial charge on any atom is -0.368 e. The third-order valence-corrected chi connectivity index (χ3v) is 4.51. The summed E-state index contributed by atoms with van der Waals surface area (Å²) in [6, 6.07) is 10.8. The molecule has 0 radical (unpaired) electrons. The van der Waals surface area contributed by atoms with Gasteiger partial charge in [0.05, 0.1) is 18.8 Å². The molecule has 1 amide bonds. The van der Waals surface area contributed by atoms with E-state index in [0.29, 0.717) is 12.6 Å². The van der Waals surface area contributed by atoms with Crippen LogP contribution in [0.1, 0.15) is 38.4 Å². The monoisotopic (exact) mass is 302 g/mol. The average Bonchev–Trinajstić information content (AvgIpc) is 3.33. The van der Waals surface area contributed by atoms with Gasteiger partial charge in [-0.05, 0) is 32.3 Å². The highest BCUT2D eigenvalue weighted by atomic mass is 16.5. The summed E-state index contributed by atoms with van der Waals surface area (Å²) in [6.07, 6.45) is 2.56. The number of hydrogen-bond donors (Lipinski definition) is 0. The Kier molecular flexibility index (Phi) is 4.79. The van der Waals surface area contributed by atoms with Crippen molar-refractivity contribution in [2.75, 3.05) is 26.2 Å². The lowest BCUT2D eigenvalue weighted by Crippen LogP contribution is -2.48. The first kappa shape index (κ1) is 15.5. The number of benzene rings is 1. The molecular formula is C18H26N2O2. The SMILES string of the molecule is CCN(C(=O)CN1C[C@@H](C)O[C@@H](c2ccccc2)C1)C1CC1. The molecule has 0 aromatic heterocycles. The molecule has 22 heavy (non-hydrogen) atoms. The number of hydrogen-bond acceptors (Lipinski definition) is 3. The van der Waals surface area contributed by atoms with E-state index in [0.717, 1.165) is 19.6 Å². The molecule has 0 unspecified atom stereocenters. The number of amides is 1. The third-order valence-electron chi connectivity index (χ3n) is 4.51. The fraction of sp³-hybridized carbons (Fsp3) is 0.611. The number of morpholine rings is 1. The van der Waals surface area contributed by atoms with Crippen LogP contribution in [0.4, 0.5) is 0 Å². The Balaban J connectivity index is 1.62. The number of rotatable bonds is 5. The zero-order chi connectivity index (χ0) is 15.5. The van der Waals surface area contributed by atoms with Crippen molar-refractivity contribution in [2.45, 2.75) is 44.9 Å². The summed E-state index contributed by atoms with van der Waals surface area (Å²) in [5, 5.41) is 0. The van der Waals surface area contributed by atoms with Crippen LogP contribution in [-0.4, -0.2) is 54.0 Å². The maximum Gasteiger partial charge on any atom is 0.236 e. The molecule has 0 bridgehead atoms. The third kappa shape index (κ3) is 3.68. The number of likely N-dealkylation sites (N-methyl/N-ethyl adjacent to an activating group) is 1. The fourth-order valence-corrected chi connectivity index (χ4v) is 3.33. The van der Waals surface area contributed by atoms with Gasteiger partial charge in [-0.2, -0.15) is 0 Å². The van der Waals surface area contributed by atoms with Gasteiger partial charge in [0.15, 0.2) is 0 Å². The Morgan fingerprint density at radius 2 is 2.00 bits per heavy atom. The molecule has 0 spiro atoms. The zero-order valence-electron chi connectivity index (χ0n) is 13.6. The molecule has 2 fully saturated rings. The lowest BCUT2D eigenvalue weighted by Gasteiger charge is -2.37. The minimum atomic E-state index is 0.0637. The minimum absolute atomic E-state index is 0.0637. The highest BCUT2D eigenvalue weighted by Crippen LogP contribution is 2.28. The number of ether oxygens (including phenoxy) is 1. The summed E-state index contributed by atoms with van der Waals surface area (Å²) in [6.45, 7) is 7.13. The Morgan fingerprint density at radius 3 is 2.64 bits per heavy atom. The second-order valence-electron chi connectivity index (χ2n) is 6.45. The molecule has 120 valence electrons. The molecule has 1 aromatic rings. The Labute approximate surface area is 133 Å². The molecule has 1 aliphatic heterocycles. The predicted molar refractivity (Wildman–Crippen MR) is 86.6 cm³/mol. The van der Waals surface area contributed by atoms with Crippen molar-refractivity contribution in [3.05, 3.63) is 35.9 Å². The molecule has 4 nitrogen and oxygen atoms in total. The summed E-state index contributed by atoms with van der Waals surface area (Å²) >= 11 is 0. The maximum absolute atomic E-state index is 12.5. The molecule has 0 N–H and O–H groups in total. The van der Waals surface area contributed by atoms with Crippen molar-refractivity contribution in [1.82, 2.24) is 9.80 Å². The Hall–Kier alpha value is -1.39. The van der Waals surface area contributed by atoms with Crippen LogP contribution in [0.3, 0.4) is 0 Å². The zero-order valence-corrected chi connectivity index (χ0v) is 13.6. The first-order valence-corrected chi connectivity index (χ1v) is 8.39. The van der Waals surface area contributed by atoms with E-state index >= 15 is 0 Å². The molecule has 1 heterocycles. The quantitative estimate of drug-likeness (QED) is 0.837. The summed E-state index contributed by atoms with van der Waals surface area (Å²) in [5.41, 5.74) is 1.20. The van der Waals surface area contributed by atoms with Crippen LogP contribution in [0.2, 0.25) is 0 Å². The van der Waals surface area contributed by atoms with Crippen LogP contribution in [0, 0.1) is 0 Å². The Morgan fingerprint density at radius 1 is 1.27 bits per heavy atom. The predicted octanol–water partition coefficient (Wildman–Crippen LogP) is 2.46. The first-order valence-electron chi connectivity index (χ1n) is 8.39. The second-order valence-corrected chi connectivity index (χ2v) is 6.45. The highest BCUT2D eigenvalue weighted by molar-refractivity contribution is 5.79. The van der Waals surface area contributed by atoms with Crippen molar-refractivity contribution < 1.29 is 9.53 Å². The van der Waals surface area contributed by atoms with Crippen molar-refractivity contribution in [2.24, 2.45) is 0 Å². The van der Waals surface area contributed by atoms with Crippen LogP contribution >= 0.6 is 0 Å². The van der Waals surface area contributed by atoms with E-state index in [1.807, 2.05) is 23.1 Å². The molecule has 1 aromatic carbocycles. The van der Waals surface area contributed by atoms with Crippen LogP contribution in [0.5, 0.6) is 0 Å². The van der Waals surface area contributed by atoms with Crippen molar-refractivity contribution >= 4 is 5.91 Å². The summed E-state index contributed by atoms with van der Waals surface area (Å²) in [7, 11) is 0. The summed E-state index contributed by atoms with van der Waals surface area (Å²) < 4.78 is 6.06. The molecular weight excluding hydrogens is 276 g/mol. The van der Waals surface area contributed by atoms with E-state index in [-0.39, 0.29) is 18.1 Å². The van der Waals surface area contributed by atoms with Gasteiger partial charge >= 0.3 is 0 Å². The van der Waals surface area contributed by atoms with Crippen LogP contribution in [-0.2, 0) is 9.53 Å². The molecule has 1 aliphatic carbocycles. The topological polar surface area (TPSA) is 32.8 Å². The molecule has 4 heteroatoms. The van der Waals surface area contributed by atoms with Gasteiger partial charge in [-0.3, -0.25) is 9.69 Å². The number of carbonyl (C=O) groups excluding carboxylic acids is 1. The van der Waals surface area contributed by atoms with Gasteiger partial charge in [0.2, 0.25) is 5.91 Å².